The SMILES string of the molecule is Cc1nc(N)nc(C(C)Oc2ccc(Cl)cc2)c1C(N)=O. The number of anilines is 1. The summed E-state index contributed by atoms with van der Waals surface area (Å²) in [6, 6.07) is 6.86. The molecule has 0 aliphatic rings. The second-order valence-electron chi connectivity index (χ2n) is 4.51. The van der Waals surface area contributed by atoms with Gasteiger partial charge in [0.1, 0.15) is 11.9 Å². The lowest BCUT2D eigenvalue weighted by Crippen LogP contribution is -2.21. The largest absolute Gasteiger partial charge is 0.484 e. The lowest BCUT2D eigenvalue weighted by Gasteiger charge is -2.17. The van der Waals surface area contributed by atoms with E-state index in [1.807, 2.05) is 0 Å². The van der Waals surface area contributed by atoms with Gasteiger partial charge in [-0.25, -0.2) is 9.97 Å². The van der Waals surface area contributed by atoms with Gasteiger partial charge in [-0.2, -0.15) is 0 Å². The minimum absolute atomic E-state index is 0.0686. The number of carbonyl (C=O) groups excluding carboxylic acids is 1. The first-order valence-corrected chi connectivity index (χ1v) is 6.62. The van der Waals surface area contributed by atoms with Crippen LogP contribution in [0.5, 0.6) is 5.75 Å². The van der Waals surface area contributed by atoms with Crippen LogP contribution >= 0.6 is 11.6 Å². The predicted octanol–water partition coefficient (Wildman–Crippen LogP) is 2.26. The summed E-state index contributed by atoms with van der Waals surface area (Å²) in [5.74, 6) is 0.0465. The molecule has 21 heavy (non-hydrogen) atoms. The third-order valence-electron chi connectivity index (χ3n) is 2.89. The van der Waals surface area contributed by atoms with Gasteiger partial charge in [0.2, 0.25) is 5.95 Å². The van der Waals surface area contributed by atoms with Gasteiger partial charge < -0.3 is 16.2 Å². The molecule has 1 amide bonds. The third kappa shape index (κ3) is 3.41. The van der Waals surface area contributed by atoms with Crippen molar-refractivity contribution in [2.45, 2.75) is 20.0 Å². The van der Waals surface area contributed by atoms with Crippen molar-refractivity contribution in [1.82, 2.24) is 9.97 Å². The van der Waals surface area contributed by atoms with E-state index in [4.69, 9.17) is 27.8 Å². The normalized spacial score (nSPS) is 12.0. The van der Waals surface area contributed by atoms with Crippen LogP contribution in [0.3, 0.4) is 0 Å². The number of nitrogen functional groups attached to an aromatic ring is 1. The first-order valence-electron chi connectivity index (χ1n) is 6.24. The van der Waals surface area contributed by atoms with Gasteiger partial charge in [0.05, 0.1) is 17.0 Å². The molecule has 1 aromatic carbocycles. The van der Waals surface area contributed by atoms with Crippen LogP contribution in [0.15, 0.2) is 24.3 Å². The number of carbonyl (C=O) groups is 1. The fourth-order valence-electron chi connectivity index (χ4n) is 1.99. The number of halogens is 1. The molecule has 1 atom stereocenters. The maximum absolute atomic E-state index is 11.6. The Kier molecular flexibility index (Phi) is 4.28. The smallest absolute Gasteiger partial charge is 0.252 e. The summed E-state index contributed by atoms with van der Waals surface area (Å²) in [5.41, 5.74) is 12.0. The van der Waals surface area contributed by atoms with E-state index in [1.54, 1.807) is 38.1 Å². The van der Waals surface area contributed by atoms with E-state index in [2.05, 4.69) is 9.97 Å². The lowest BCUT2D eigenvalue weighted by molar-refractivity contribution is 0.0993. The first kappa shape index (κ1) is 15.1. The van der Waals surface area contributed by atoms with Crippen molar-refractivity contribution in [3.8, 4) is 5.75 Å². The van der Waals surface area contributed by atoms with Crippen LogP contribution in [0, 0.1) is 6.92 Å². The van der Waals surface area contributed by atoms with Crippen LogP contribution in [0.25, 0.3) is 0 Å². The number of nitrogens with two attached hydrogens (primary N) is 2. The fourth-order valence-corrected chi connectivity index (χ4v) is 2.12. The van der Waals surface area contributed by atoms with Crippen molar-refractivity contribution in [1.29, 1.82) is 0 Å². The molecule has 6 nitrogen and oxygen atoms in total. The summed E-state index contributed by atoms with van der Waals surface area (Å²) >= 11 is 5.82. The fraction of sp³-hybridized carbons (Fsp3) is 0.214. The first-order chi connectivity index (χ1) is 9.88. The highest BCUT2D eigenvalue weighted by molar-refractivity contribution is 6.30. The lowest BCUT2D eigenvalue weighted by atomic mass is 10.1. The highest BCUT2D eigenvalue weighted by Crippen LogP contribution is 2.25. The van der Waals surface area contributed by atoms with E-state index in [1.165, 1.54) is 0 Å². The highest BCUT2D eigenvalue weighted by atomic mass is 35.5. The third-order valence-corrected chi connectivity index (χ3v) is 3.15. The van der Waals surface area contributed by atoms with E-state index >= 15 is 0 Å². The van der Waals surface area contributed by atoms with Crippen molar-refractivity contribution in [3.63, 3.8) is 0 Å². The van der Waals surface area contributed by atoms with E-state index in [9.17, 15) is 4.79 Å². The molecule has 1 aromatic heterocycles. The molecule has 0 radical (unpaired) electrons. The van der Waals surface area contributed by atoms with Gasteiger partial charge in [-0.15, -0.1) is 0 Å². The summed E-state index contributed by atoms with van der Waals surface area (Å²) in [4.78, 5) is 19.6. The summed E-state index contributed by atoms with van der Waals surface area (Å²) in [5, 5.41) is 0.606. The molecule has 0 saturated carbocycles. The van der Waals surface area contributed by atoms with E-state index in [0.717, 1.165) is 0 Å². The van der Waals surface area contributed by atoms with Crippen LogP contribution in [-0.2, 0) is 0 Å². The Labute approximate surface area is 127 Å². The molecule has 2 aromatic rings. The van der Waals surface area contributed by atoms with Crippen LogP contribution < -0.4 is 16.2 Å². The Morgan fingerprint density at radius 3 is 2.48 bits per heavy atom. The number of hydrogen-bond donors (Lipinski definition) is 2. The number of amides is 1. The number of aromatic nitrogens is 2. The molecule has 0 spiro atoms. The number of rotatable bonds is 4. The molecule has 0 bridgehead atoms. The van der Waals surface area contributed by atoms with Crippen LogP contribution in [0.2, 0.25) is 5.02 Å². The van der Waals surface area contributed by atoms with Gasteiger partial charge in [-0.3, -0.25) is 4.79 Å². The Hall–Kier alpha value is -2.34. The van der Waals surface area contributed by atoms with Crippen LogP contribution in [0.4, 0.5) is 5.95 Å². The summed E-state index contributed by atoms with van der Waals surface area (Å²) in [7, 11) is 0. The number of benzene rings is 1. The highest BCUT2D eigenvalue weighted by Gasteiger charge is 2.21. The minimum atomic E-state index is -0.617. The summed E-state index contributed by atoms with van der Waals surface area (Å²) in [6.07, 6.45) is -0.516. The molecule has 110 valence electrons. The number of hydrogen-bond acceptors (Lipinski definition) is 5. The van der Waals surface area contributed by atoms with Gasteiger partial charge in [-0.05, 0) is 38.1 Å². The van der Waals surface area contributed by atoms with Crippen molar-refractivity contribution < 1.29 is 9.53 Å². The molecular formula is C14H15ClN4O2. The molecule has 0 aliphatic carbocycles. The second-order valence-corrected chi connectivity index (χ2v) is 4.94. The van der Waals surface area contributed by atoms with Gasteiger partial charge in [0.25, 0.3) is 5.91 Å². The number of nitrogens with zero attached hydrogens (tertiary/aromatic N) is 2. The van der Waals surface area contributed by atoms with Crippen LogP contribution in [-0.4, -0.2) is 15.9 Å². The number of aryl methyl sites for hydroxylation is 1. The van der Waals surface area contributed by atoms with Gasteiger partial charge >= 0.3 is 0 Å². The Morgan fingerprint density at radius 1 is 1.29 bits per heavy atom. The summed E-state index contributed by atoms with van der Waals surface area (Å²) < 4.78 is 5.74. The maximum Gasteiger partial charge on any atom is 0.252 e. The van der Waals surface area contributed by atoms with Gasteiger partial charge in [-0.1, -0.05) is 11.6 Å². The van der Waals surface area contributed by atoms with Crippen molar-refractivity contribution in [3.05, 3.63) is 46.2 Å². The molecule has 7 heteroatoms. The molecular weight excluding hydrogens is 292 g/mol. The molecule has 1 unspecified atom stereocenters. The van der Waals surface area contributed by atoms with Crippen molar-refractivity contribution in [2.24, 2.45) is 5.73 Å². The zero-order valence-corrected chi connectivity index (χ0v) is 12.4. The molecule has 0 aliphatic heterocycles. The van der Waals surface area contributed by atoms with Gasteiger partial charge in [0, 0.05) is 5.02 Å². The predicted molar refractivity (Wildman–Crippen MR) is 80.2 cm³/mol. The van der Waals surface area contributed by atoms with Crippen molar-refractivity contribution in [2.75, 3.05) is 5.73 Å². The van der Waals surface area contributed by atoms with E-state index in [-0.39, 0.29) is 11.5 Å². The van der Waals surface area contributed by atoms with Gasteiger partial charge in [0.15, 0.2) is 0 Å². The quantitative estimate of drug-likeness (QED) is 0.901. The monoisotopic (exact) mass is 306 g/mol. The number of primary amides is 1. The molecule has 0 saturated heterocycles. The molecule has 2 rings (SSSR count). The topological polar surface area (TPSA) is 104 Å². The minimum Gasteiger partial charge on any atom is -0.484 e. The molecule has 4 N–H and O–H groups in total. The maximum atomic E-state index is 11.6. The summed E-state index contributed by atoms with van der Waals surface area (Å²) in [6.45, 7) is 3.40. The second kappa shape index (κ2) is 5.97. The Bertz CT molecular complexity index is 673. The van der Waals surface area contributed by atoms with E-state index < -0.39 is 12.0 Å². The zero-order chi connectivity index (χ0) is 15.6. The molecule has 1 heterocycles. The zero-order valence-electron chi connectivity index (χ0n) is 11.6. The average molecular weight is 307 g/mol. The number of ether oxygens (including phenoxy) is 1. The average Bonchev–Trinajstić information content (AvgIpc) is 2.39. The van der Waals surface area contributed by atoms with E-state index in [0.29, 0.717) is 22.2 Å². The Balaban J connectivity index is 2.36. The Morgan fingerprint density at radius 2 is 1.90 bits per heavy atom. The van der Waals surface area contributed by atoms with Crippen molar-refractivity contribution >= 4 is 23.5 Å². The molecule has 0 fully saturated rings. The standard InChI is InChI=1S/C14H15ClN4O2/c1-7-11(13(16)20)12(19-14(17)18-7)8(2)21-10-5-3-9(15)4-6-10/h3-6,8H,1-2H3,(H2,16,20)(H2,17,18,19). The van der Waals surface area contributed by atoms with Crippen LogP contribution in [0.1, 0.15) is 34.8 Å².